The van der Waals surface area contributed by atoms with Crippen molar-refractivity contribution in [1.82, 2.24) is 4.90 Å². The summed E-state index contributed by atoms with van der Waals surface area (Å²) >= 11 is 0. The molecule has 0 aliphatic rings. The molecule has 0 aliphatic heterocycles. The van der Waals surface area contributed by atoms with Crippen LogP contribution in [0.1, 0.15) is 13.8 Å². The first kappa shape index (κ1) is 15.1. The standard InChI is InChI=1S/C9H22NO4P/c1-5-13-15(11,14-6-2)9-10(3)7-8-12-4/h5-9H2,1-4H3. The lowest BCUT2D eigenvalue weighted by Gasteiger charge is -2.23. The van der Waals surface area contributed by atoms with Crippen molar-refractivity contribution in [2.24, 2.45) is 0 Å². The molecule has 0 atom stereocenters. The first-order valence-corrected chi connectivity index (χ1v) is 6.86. The predicted octanol–water partition coefficient (Wildman–Crippen LogP) is 1.79. The molecule has 0 saturated carbocycles. The van der Waals surface area contributed by atoms with Crippen molar-refractivity contribution in [2.75, 3.05) is 46.8 Å². The predicted molar refractivity (Wildman–Crippen MR) is 60.2 cm³/mol. The number of likely N-dealkylation sites (N-methyl/N-ethyl adjacent to an activating group) is 1. The van der Waals surface area contributed by atoms with E-state index in [9.17, 15) is 4.57 Å². The van der Waals surface area contributed by atoms with Crippen molar-refractivity contribution in [3.63, 3.8) is 0 Å². The molecule has 0 radical (unpaired) electrons. The molecule has 0 aromatic carbocycles. The highest BCUT2D eigenvalue weighted by Crippen LogP contribution is 2.48. The molecule has 0 aromatic rings. The molecule has 6 heteroatoms. The maximum Gasteiger partial charge on any atom is 0.344 e. The number of hydrogen-bond donors (Lipinski definition) is 0. The molecule has 0 unspecified atom stereocenters. The van der Waals surface area contributed by atoms with Gasteiger partial charge in [0.2, 0.25) is 0 Å². The molecule has 0 heterocycles. The van der Waals surface area contributed by atoms with Crippen LogP contribution in [0, 0.1) is 0 Å². The zero-order valence-electron chi connectivity index (χ0n) is 10.1. The number of nitrogens with zero attached hydrogens (tertiary/aromatic N) is 1. The van der Waals surface area contributed by atoms with E-state index in [2.05, 4.69) is 0 Å². The van der Waals surface area contributed by atoms with Crippen molar-refractivity contribution in [3.05, 3.63) is 0 Å². The van der Waals surface area contributed by atoms with Gasteiger partial charge in [-0.3, -0.25) is 9.46 Å². The van der Waals surface area contributed by atoms with Crippen LogP contribution in [0.2, 0.25) is 0 Å². The molecule has 0 aromatic heterocycles. The SMILES string of the molecule is CCOP(=O)(CN(C)CCOC)OCC. The molecule has 0 amide bonds. The van der Waals surface area contributed by atoms with Crippen LogP contribution >= 0.6 is 7.60 Å². The van der Waals surface area contributed by atoms with Gasteiger partial charge in [-0.25, -0.2) is 0 Å². The van der Waals surface area contributed by atoms with E-state index in [1.54, 1.807) is 21.0 Å². The minimum atomic E-state index is -2.95. The summed E-state index contributed by atoms with van der Waals surface area (Å²) < 4.78 is 27.3. The highest BCUT2D eigenvalue weighted by atomic mass is 31.2. The highest BCUT2D eigenvalue weighted by molar-refractivity contribution is 7.53. The fourth-order valence-electron chi connectivity index (χ4n) is 1.13. The summed E-state index contributed by atoms with van der Waals surface area (Å²) in [7, 11) is 0.557. The number of ether oxygens (including phenoxy) is 1. The van der Waals surface area contributed by atoms with Gasteiger partial charge in [-0.05, 0) is 20.9 Å². The summed E-state index contributed by atoms with van der Waals surface area (Å²) in [6.07, 6.45) is 0.304. The Balaban J connectivity index is 4.08. The lowest BCUT2D eigenvalue weighted by atomic mass is 10.6. The van der Waals surface area contributed by atoms with E-state index in [1.807, 2.05) is 11.9 Å². The van der Waals surface area contributed by atoms with Gasteiger partial charge in [-0.15, -0.1) is 0 Å². The van der Waals surface area contributed by atoms with Crippen molar-refractivity contribution < 1.29 is 18.3 Å². The van der Waals surface area contributed by atoms with Gasteiger partial charge in [-0.1, -0.05) is 0 Å². The Kier molecular flexibility index (Phi) is 8.29. The second kappa shape index (κ2) is 8.25. The third-order valence-electron chi connectivity index (χ3n) is 1.74. The zero-order valence-corrected chi connectivity index (χ0v) is 11.0. The third kappa shape index (κ3) is 7.03. The highest BCUT2D eigenvalue weighted by Gasteiger charge is 2.25. The Morgan fingerprint density at radius 1 is 1.20 bits per heavy atom. The van der Waals surface area contributed by atoms with Crippen LogP contribution in [0.25, 0.3) is 0 Å². The lowest BCUT2D eigenvalue weighted by Crippen LogP contribution is -2.25. The number of methoxy groups -OCH3 is 1. The van der Waals surface area contributed by atoms with E-state index in [4.69, 9.17) is 13.8 Å². The van der Waals surface area contributed by atoms with E-state index in [-0.39, 0.29) is 0 Å². The van der Waals surface area contributed by atoms with Gasteiger partial charge in [0.15, 0.2) is 0 Å². The first-order chi connectivity index (χ1) is 7.08. The van der Waals surface area contributed by atoms with Crippen LogP contribution in [0.4, 0.5) is 0 Å². The average Bonchev–Trinajstić information content (AvgIpc) is 2.15. The second-order valence-corrected chi connectivity index (χ2v) is 5.18. The summed E-state index contributed by atoms with van der Waals surface area (Å²) in [6, 6.07) is 0. The number of hydrogen-bond acceptors (Lipinski definition) is 5. The fourth-order valence-corrected chi connectivity index (χ4v) is 2.88. The van der Waals surface area contributed by atoms with Gasteiger partial charge in [-0.2, -0.15) is 0 Å². The molecule has 0 spiro atoms. The monoisotopic (exact) mass is 239 g/mol. The normalized spacial score (nSPS) is 12.3. The molecule has 0 rings (SSSR count). The van der Waals surface area contributed by atoms with E-state index in [0.29, 0.717) is 32.7 Å². The molecule has 92 valence electrons. The van der Waals surface area contributed by atoms with Gasteiger partial charge in [0.1, 0.15) is 6.29 Å². The molecule has 0 bridgehead atoms. The lowest BCUT2D eigenvalue weighted by molar-refractivity contribution is 0.157. The van der Waals surface area contributed by atoms with Crippen molar-refractivity contribution >= 4 is 7.60 Å². The molecule has 0 fully saturated rings. The summed E-state index contributed by atoms with van der Waals surface area (Å²) in [6.45, 7) is 5.72. The summed E-state index contributed by atoms with van der Waals surface area (Å²) in [4.78, 5) is 1.88. The average molecular weight is 239 g/mol. The molecule has 0 N–H and O–H groups in total. The van der Waals surface area contributed by atoms with Gasteiger partial charge in [0.25, 0.3) is 0 Å². The molecule has 5 nitrogen and oxygen atoms in total. The molecular weight excluding hydrogens is 217 g/mol. The fraction of sp³-hybridized carbons (Fsp3) is 1.00. The summed E-state index contributed by atoms with van der Waals surface area (Å²) in [5.41, 5.74) is 0. The van der Waals surface area contributed by atoms with Crippen LogP contribution < -0.4 is 0 Å². The Labute approximate surface area is 92.2 Å². The van der Waals surface area contributed by atoms with Gasteiger partial charge in [0.05, 0.1) is 19.8 Å². The third-order valence-corrected chi connectivity index (χ3v) is 3.88. The van der Waals surface area contributed by atoms with Crippen molar-refractivity contribution in [2.45, 2.75) is 13.8 Å². The quantitative estimate of drug-likeness (QED) is 0.574. The second-order valence-electron chi connectivity index (χ2n) is 3.16. The van der Waals surface area contributed by atoms with Crippen LogP contribution in [-0.4, -0.2) is 51.7 Å². The zero-order chi connectivity index (χ0) is 11.7. The van der Waals surface area contributed by atoms with E-state index in [0.717, 1.165) is 0 Å². The Bertz CT molecular complexity index is 191. The molecular formula is C9H22NO4P. The largest absolute Gasteiger partial charge is 0.383 e. The van der Waals surface area contributed by atoms with Gasteiger partial charge in [0, 0.05) is 13.7 Å². The minimum Gasteiger partial charge on any atom is -0.383 e. The summed E-state index contributed by atoms with van der Waals surface area (Å²) in [5, 5.41) is 0. The van der Waals surface area contributed by atoms with E-state index < -0.39 is 7.60 Å². The smallest absolute Gasteiger partial charge is 0.344 e. The maximum atomic E-state index is 12.1. The molecule has 15 heavy (non-hydrogen) atoms. The topological polar surface area (TPSA) is 48.0 Å². The number of rotatable bonds is 9. The van der Waals surface area contributed by atoms with Crippen LogP contribution in [0.3, 0.4) is 0 Å². The maximum absolute atomic E-state index is 12.1. The van der Waals surface area contributed by atoms with Crippen LogP contribution in [-0.2, 0) is 18.3 Å². The Hall–Kier alpha value is 0.0700. The Morgan fingerprint density at radius 2 is 1.73 bits per heavy atom. The van der Waals surface area contributed by atoms with Crippen molar-refractivity contribution in [3.8, 4) is 0 Å². The minimum absolute atomic E-state index is 0.304. The van der Waals surface area contributed by atoms with E-state index in [1.165, 1.54) is 0 Å². The van der Waals surface area contributed by atoms with Crippen molar-refractivity contribution in [1.29, 1.82) is 0 Å². The first-order valence-electron chi connectivity index (χ1n) is 5.13. The van der Waals surface area contributed by atoms with Gasteiger partial charge >= 0.3 is 7.60 Å². The van der Waals surface area contributed by atoms with Crippen LogP contribution in [0.5, 0.6) is 0 Å². The summed E-state index contributed by atoms with van der Waals surface area (Å²) in [5.74, 6) is 0. The van der Waals surface area contributed by atoms with Crippen LogP contribution in [0.15, 0.2) is 0 Å². The van der Waals surface area contributed by atoms with E-state index >= 15 is 0 Å². The molecule has 0 saturated heterocycles. The Morgan fingerprint density at radius 3 is 2.13 bits per heavy atom. The van der Waals surface area contributed by atoms with Gasteiger partial charge < -0.3 is 13.8 Å². The molecule has 0 aliphatic carbocycles.